The lowest BCUT2D eigenvalue weighted by atomic mass is 10.2. The molecule has 0 radical (unpaired) electrons. The number of aryl methyl sites for hydroxylation is 1. The Morgan fingerprint density at radius 1 is 1.29 bits per heavy atom. The van der Waals surface area contributed by atoms with Crippen molar-refractivity contribution in [1.29, 1.82) is 0 Å². The van der Waals surface area contributed by atoms with Crippen LogP contribution in [0.4, 0.5) is 24.0 Å². The summed E-state index contributed by atoms with van der Waals surface area (Å²) in [5.41, 5.74) is 10.2. The molecule has 2 aromatic rings. The lowest BCUT2D eigenvalue weighted by molar-refractivity contribution is -0.140. The van der Waals surface area contributed by atoms with Gasteiger partial charge in [0.05, 0.1) is 5.69 Å². The Kier molecular flexibility index (Phi) is 5.08. The number of nitrogens with two attached hydrogens (primary N) is 2. The van der Waals surface area contributed by atoms with Gasteiger partial charge in [-0.3, -0.25) is 0 Å². The highest BCUT2D eigenvalue weighted by Crippen LogP contribution is 2.30. The molecule has 2 aromatic heterocycles. The highest BCUT2D eigenvalue weighted by Gasteiger charge is 2.33. The largest absolute Gasteiger partial charge is 0.476 e. The number of carboxylic acid groups (broad SMARTS) is 1. The van der Waals surface area contributed by atoms with E-state index < -0.39 is 17.8 Å². The summed E-state index contributed by atoms with van der Waals surface area (Å²) in [7, 11) is 0. The number of anilines is 2. The molecule has 0 bridgehead atoms. The van der Waals surface area contributed by atoms with Crippen molar-refractivity contribution < 1.29 is 23.1 Å². The zero-order valence-electron chi connectivity index (χ0n) is 10.7. The summed E-state index contributed by atoms with van der Waals surface area (Å²) in [5.74, 6) is -1.09. The molecule has 0 amide bonds. The molecule has 2 heterocycles. The van der Waals surface area contributed by atoms with E-state index in [1.165, 1.54) is 6.07 Å². The van der Waals surface area contributed by atoms with Crippen LogP contribution in [-0.4, -0.2) is 21.0 Å². The van der Waals surface area contributed by atoms with Crippen molar-refractivity contribution >= 4 is 28.1 Å². The van der Waals surface area contributed by atoms with E-state index in [0.717, 1.165) is 16.7 Å². The van der Waals surface area contributed by atoms with Gasteiger partial charge in [0.15, 0.2) is 16.5 Å². The summed E-state index contributed by atoms with van der Waals surface area (Å²) in [5, 5.41) is 9.37. The molecule has 21 heavy (non-hydrogen) atoms. The van der Waals surface area contributed by atoms with E-state index >= 15 is 0 Å². The van der Waals surface area contributed by atoms with Gasteiger partial charge in [-0.15, -0.1) is 11.3 Å². The Morgan fingerprint density at radius 3 is 2.24 bits per heavy atom. The molecular weight excluding hydrogens is 309 g/mol. The Balaban J connectivity index is 0.000000211. The molecule has 0 aliphatic rings. The number of aromatic nitrogens is 2. The topological polar surface area (TPSA) is 115 Å². The fraction of sp³-hybridized carbons (Fsp3) is 0.182. The summed E-state index contributed by atoms with van der Waals surface area (Å²) in [6.45, 7) is 1.71. The number of pyridine rings is 1. The molecule has 0 saturated carbocycles. The van der Waals surface area contributed by atoms with E-state index in [1.54, 1.807) is 13.0 Å². The monoisotopic (exact) mass is 320 g/mol. The standard InChI is InChI=1S/C7H8N2O2.C4H3F3N2S/c1-4-2-3-5(8)6(9-4)7(10)11;5-4(6,7)2-1-10-3(8)9-2/h2-3H,8H2,1H3,(H,10,11);1H,(H2,8,9). The van der Waals surface area contributed by atoms with Crippen LogP contribution in [0, 0.1) is 6.92 Å². The number of nitrogens with zero attached hydrogens (tertiary/aromatic N) is 2. The van der Waals surface area contributed by atoms with Crippen molar-refractivity contribution in [3.05, 3.63) is 34.6 Å². The van der Waals surface area contributed by atoms with Crippen LogP contribution in [0.25, 0.3) is 0 Å². The van der Waals surface area contributed by atoms with Gasteiger partial charge in [-0.2, -0.15) is 13.2 Å². The molecule has 10 heteroatoms. The highest BCUT2D eigenvalue weighted by molar-refractivity contribution is 7.13. The van der Waals surface area contributed by atoms with E-state index in [9.17, 15) is 18.0 Å². The van der Waals surface area contributed by atoms with E-state index in [2.05, 4.69) is 9.97 Å². The van der Waals surface area contributed by atoms with Crippen molar-refractivity contribution in [2.45, 2.75) is 13.1 Å². The van der Waals surface area contributed by atoms with Gasteiger partial charge in [0.2, 0.25) is 0 Å². The number of nitrogen functional groups attached to an aromatic ring is 2. The molecule has 0 aliphatic carbocycles. The van der Waals surface area contributed by atoms with Crippen molar-refractivity contribution in [1.82, 2.24) is 9.97 Å². The summed E-state index contributed by atoms with van der Waals surface area (Å²) < 4.78 is 35.1. The fourth-order valence-electron chi connectivity index (χ4n) is 1.16. The van der Waals surface area contributed by atoms with Gasteiger partial charge in [0.25, 0.3) is 0 Å². The smallest absolute Gasteiger partial charge is 0.434 e. The zero-order valence-corrected chi connectivity index (χ0v) is 11.5. The third-order valence-corrected chi connectivity index (χ3v) is 2.75. The van der Waals surface area contributed by atoms with Crippen LogP contribution in [0.3, 0.4) is 0 Å². The second-order valence-corrected chi connectivity index (χ2v) is 4.65. The summed E-state index contributed by atoms with van der Waals surface area (Å²) in [6, 6.07) is 3.20. The van der Waals surface area contributed by atoms with Crippen molar-refractivity contribution in [2.24, 2.45) is 0 Å². The van der Waals surface area contributed by atoms with Crippen molar-refractivity contribution in [2.75, 3.05) is 11.5 Å². The molecule has 6 nitrogen and oxygen atoms in total. The van der Waals surface area contributed by atoms with E-state index in [1.807, 2.05) is 0 Å². The van der Waals surface area contributed by atoms with Crippen LogP contribution in [0.1, 0.15) is 21.9 Å². The van der Waals surface area contributed by atoms with Gasteiger partial charge in [-0.05, 0) is 19.1 Å². The van der Waals surface area contributed by atoms with Gasteiger partial charge in [-0.1, -0.05) is 0 Å². The molecule has 114 valence electrons. The number of hydrogen-bond acceptors (Lipinski definition) is 6. The lowest BCUT2D eigenvalue weighted by Gasteiger charge is -1.99. The Labute approximate surface area is 121 Å². The first-order valence-corrected chi connectivity index (χ1v) is 6.24. The minimum atomic E-state index is -4.37. The third kappa shape index (κ3) is 4.91. The predicted octanol–water partition coefficient (Wildman–Crippen LogP) is 2.41. The Morgan fingerprint density at radius 2 is 1.90 bits per heavy atom. The minimum absolute atomic E-state index is 0.0627. The second-order valence-electron chi connectivity index (χ2n) is 3.76. The first-order chi connectivity index (χ1) is 9.61. The molecule has 0 aliphatic heterocycles. The highest BCUT2D eigenvalue weighted by atomic mass is 32.1. The number of carbonyl (C=O) groups is 1. The van der Waals surface area contributed by atoms with Gasteiger partial charge in [0.1, 0.15) is 0 Å². The molecule has 0 aromatic carbocycles. The summed E-state index contributed by atoms with van der Waals surface area (Å²) >= 11 is 0.778. The van der Waals surface area contributed by atoms with Crippen LogP contribution in [0.5, 0.6) is 0 Å². The molecule has 0 fully saturated rings. The number of thiazole rings is 1. The van der Waals surface area contributed by atoms with Gasteiger partial charge in [-0.25, -0.2) is 14.8 Å². The molecule has 0 spiro atoms. The maximum atomic E-state index is 11.7. The van der Waals surface area contributed by atoms with Crippen LogP contribution >= 0.6 is 11.3 Å². The molecule has 2 rings (SSSR count). The van der Waals surface area contributed by atoms with Gasteiger partial charge < -0.3 is 16.6 Å². The molecular formula is C11H11F3N4O2S. The van der Waals surface area contributed by atoms with E-state index in [0.29, 0.717) is 5.69 Å². The minimum Gasteiger partial charge on any atom is -0.476 e. The van der Waals surface area contributed by atoms with E-state index in [4.69, 9.17) is 16.6 Å². The maximum Gasteiger partial charge on any atom is 0.434 e. The van der Waals surface area contributed by atoms with Crippen molar-refractivity contribution in [3.8, 4) is 0 Å². The SMILES string of the molecule is Cc1ccc(N)c(C(=O)O)n1.Nc1nc(C(F)(F)F)cs1. The Hall–Kier alpha value is -2.36. The number of halogens is 3. The third-order valence-electron chi connectivity index (χ3n) is 2.08. The number of carboxylic acids is 1. The first kappa shape index (κ1) is 16.7. The predicted molar refractivity (Wildman–Crippen MR) is 71.9 cm³/mol. The maximum absolute atomic E-state index is 11.7. The zero-order chi connectivity index (χ0) is 16.2. The average molecular weight is 320 g/mol. The van der Waals surface area contributed by atoms with Crippen LogP contribution < -0.4 is 11.5 Å². The van der Waals surface area contributed by atoms with Gasteiger partial charge in [0, 0.05) is 11.1 Å². The quantitative estimate of drug-likeness (QED) is 0.743. The summed E-state index contributed by atoms with van der Waals surface area (Å²) in [4.78, 5) is 17.2. The first-order valence-electron chi connectivity index (χ1n) is 5.36. The normalized spacial score (nSPS) is 10.7. The number of rotatable bonds is 1. The molecule has 0 saturated heterocycles. The van der Waals surface area contributed by atoms with Gasteiger partial charge >= 0.3 is 12.1 Å². The molecule has 5 N–H and O–H groups in total. The van der Waals surface area contributed by atoms with Crippen LogP contribution in [-0.2, 0) is 6.18 Å². The molecule has 0 unspecified atom stereocenters. The summed E-state index contributed by atoms with van der Waals surface area (Å²) in [6.07, 6.45) is -4.37. The molecule has 0 atom stereocenters. The van der Waals surface area contributed by atoms with E-state index in [-0.39, 0.29) is 16.5 Å². The van der Waals surface area contributed by atoms with Crippen molar-refractivity contribution in [3.63, 3.8) is 0 Å². The van der Waals surface area contributed by atoms with Crippen LogP contribution in [0.15, 0.2) is 17.5 Å². The number of alkyl halides is 3. The fourth-order valence-corrected chi connectivity index (χ4v) is 1.73. The van der Waals surface area contributed by atoms with Crippen LogP contribution in [0.2, 0.25) is 0 Å². The number of aromatic carboxylic acids is 1. The lowest BCUT2D eigenvalue weighted by Crippen LogP contribution is -2.05. The Bertz CT molecular complexity index is 643. The average Bonchev–Trinajstić information content (AvgIpc) is 2.79. The second kappa shape index (κ2) is 6.39. The number of hydrogen-bond donors (Lipinski definition) is 3.